The van der Waals surface area contributed by atoms with Crippen molar-refractivity contribution >= 4 is 5.97 Å². The highest BCUT2D eigenvalue weighted by atomic mass is 19.1. The summed E-state index contributed by atoms with van der Waals surface area (Å²) in [5.41, 5.74) is 1.90. The van der Waals surface area contributed by atoms with Gasteiger partial charge < -0.3 is 10.0 Å². The van der Waals surface area contributed by atoms with Gasteiger partial charge in [-0.15, -0.1) is 0 Å². The molecule has 2 aromatic rings. The second-order valence-corrected chi connectivity index (χ2v) is 6.50. The van der Waals surface area contributed by atoms with E-state index >= 15 is 0 Å². The minimum absolute atomic E-state index is 0.162. The number of hydrogen-bond acceptors (Lipinski definition) is 3. The van der Waals surface area contributed by atoms with Gasteiger partial charge in [0.05, 0.1) is 12.1 Å². The van der Waals surface area contributed by atoms with Gasteiger partial charge in [-0.2, -0.15) is 5.10 Å². The molecule has 0 radical (unpaired) electrons. The summed E-state index contributed by atoms with van der Waals surface area (Å²) in [5.74, 6) is -1.78. The lowest BCUT2D eigenvalue weighted by Crippen LogP contribution is -2.25. The van der Waals surface area contributed by atoms with Gasteiger partial charge in [0.1, 0.15) is 5.82 Å². The Morgan fingerprint density at radius 3 is 2.88 bits per heavy atom. The lowest BCUT2D eigenvalue weighted by Gasteiger charge is -2.16. The zero-order valence-electron chi connectivity index (χ0n) is 13.7. The van der Waals surface area contributed by atoms with Crippen molar-refractivity contribution in [1.82, 2.24) is 14.7 Å². The summed E-state index contributed by atoms with van der Waals surface area (Å²) in [6.07, 6.45) is 4.74. The molecule has 2 heterocycles. The van der Waals surface area contributed by atoms with Gasteiger partial charge in [-0.3, -0.25) is 9.48 Å². The first-order chi connectivity index (χ1) is 11.5. The molecule has 1 aromatic heterocycles. The van der Waals surface area contributed by atoms with Gasteiger partial charge in [0.2, 0.25) is 0 Å². The molecule has 1 N–H and O–H groups in total. The molecule has 1 fully saturated rings. The molecule has 0 amide bonds. The molecule has 0 spiro atoms. The Morgan fingerprint density at radius 2 is 2.21 bits per heavy atom. The van der Waals surface area contributed by atoms with Crippen LogP contribution in [0.4, 0.5) is 4.39 Å². The van der Waals surface area contributed by atoms with Crippen molar-refractivity contribution in [3.63, 3.8) is 0 Å². The van der Waals surface area contributed by atoms with Crippen molar-refractivity contribution in [2.75, 3.05) is 19.6 Å². The number of aromatic nitrogens is 2. The van der Waals surface area contributed by atoms with Gasteiger partial charge in [-0.25, -0.2) is 4.39 Å². The highest BCUT2D eigenvalue weighted by Gasteiger charge is 2.38. The predicted octanol–water partition coefficient (Wildman–Crippen LogP) is 2.52. The Hall–Kier alpha value is -2.21. The van der Waals surface area contributed by atoms with E-state index in [1.54, 1.807) is 6.07 Å². The number of nitrogens with zero attached hydrogens (tertiary/aromatic N) is 3. The van der Waals surface area contributed by atoms with Crippen LogP contribution in [0.15, 0.2) is 36.7 Å². The standard InChI is InChI=1S/C18H22FN3O2/c1-13-9-20-22(10-13)7-3-6-21-11-16(17(12-21)18(23)24)14-4-2-5-15(19)8-14/h2,4-5,8-10,16-17H,3,6-7,11-12H2,1H3,(H,23,24)/t16-,17+/m0/s1. The molecule has 1 saturated heterocycles. The Labute approximate surface area is 140 Å². The summed E-state index contributed by atoms with van der Waals surface area (Å²) in [4.78, 5) is 13.7. The zero-order chi connectivity index (χ0) is 17.1. The van der Waals surface area contributed by atoms with Crippen molar-refractivity contribution in [1.29, 1.82) is 0 Å². The minimum Gasteiger partial charge on any atom is -0.481 e. The van der Waals surface area contributed by atoms with Gasteiger partial charge in [0.15, 0.2) is 0 Å². The highest BCUT2D eigenvalue weighted by molar-refractivity contribution is 5.72. The Morgan fingerprint density at radius 1 is 1.38 bits per heavy atom. The van der Waals surface area contributed by atoms with Crippen LogP contribution in [0.3, 0.4) is 0 Å². The average Bonchev–Trinajstić information content (AvgIpc) is 3.14. The molecule has 24 heavy (non-hydrogen) atoms. The summed E-state index contributed by atoms with van der Waals surface area (Å²) in [7, 11) is 0. The smallest absolute Gasteiger partial charge is 0.308 e. The van der Waals surface area contributed by atoms with Crippen molar-refractivity contribution in [3.05, 3.63) is 53.6 Å². The van der Waals surface area contributed by atoms with Crippen LogP contribution in [-0.2, 0) is 11.3 Å². The normalized spacial score (nSPS) is 21.2. The van der Waals surface area contributed by atoms with Gasteiger partial charge in [-0.1, -0.05) is 12.1 Å². The van der Waals surface area contributed by atoms with E-state index in [0.717, 1.165) is 30.6 Å². The largest absolute Gasteiger partial charge is 0.481 e. The minimum atomic E-state index is -0.811. The third-order valence-electron chi connectivity index (χ3n) is 4.61. The lowest BCUT2D eigenvalue weighted by atomic mass is 9.89. The molecule has 1 aliphatic rings. The van der Waals surface area contributed by atoms with E-state index in [1.807, 2.05) is 30.1 Å². The van der Waals surface area contributed by atoms with E-state index in [1.165, 1.54) is 12.1 Å². The molecule has 128 valence electrons. The number of rotatable bonds is 6. The molecule has 2 atom stereocenters. The number of hydrogen-bond donors (Lipinski definition) is 1. The number of benzene rings is 1. The monoisotopic (exact) mass is 331 g/mol. The van der Waals surface area contributed by atoms with Gasteiger partial charge >= 0.3 is 5.97 Å². The zero-order valence-corrected chi connectivity index (χ0v) is 13.7. The van der Waals surface area contributed by atoms with Crippen LogP contribution < -0.4 is 0 Å². The third kappa shape index (κ3) is 3.82. The molecule has 0 bridgehead atoms. The summed E-state index contributed by atoms with van der Waals surface area (Å²) in [6, 6.07) is 6.31. The molecule has 0 aliphatic carbocycles. The van der Waals surface area contributed by atoms with E-state index in [2.05, 4.69) is 10.00 Å². The van der Waals surface area contributed by atoms with E-state index in [0.29, 0.717) is 13.1 Å². The summed E-state index contributed by atoms with van der Waals surface area (Å²) < 4.78 is 15.4. The summed E-state index contributed by atoms with van der Waals surface area (Å²) in [6.45, 7) is 4.79. The Kier molecular flexibility index (Phi) is 4.94. The van der Waals surface area contributed by atoms with E-state index in [4.69, 9.17) is 0 Å². The van der Waals surface area contributed by atoms with Gasteiger partial charge in [-0.05, 0) is 43.1 Å². The van der Waals surface area contributed by atoms with E-state index < -0.39 is 11.9 Å². The molecule has 3 rings (SSSR count). The second-order valence-electron chi connectivity index (χ2n) is 6.50. The predicted molar refractivity (Wildman–Crippen MR) is 88.3 cm³/mol. The maximum atomic E-state index is 13.5. The molecule has 1 aromatic carbocycles. The fourth-order valence-electron chi connectivity index (χ4n) is 3.44. The van der Waals surface area contributed by atoms with Crippen molar-refractivity contribution in [2.24, 2.45) is 5.92 Å². The lowest BCUT2D eigenvalue weighted by molar-refractivity contribution is -0.141. The van der Waals surface area contributed by atoms with Crippen LogP contribution in [-0.4, -0.2) is 45.4 Å². The van der Waals surface area contributed by atoms with Crippen LogP contribution >= 0.6 is 0 Å². The molecular formula is C18H22FN3O2. The van der Waals surface area contributed by atoms with Gasteiger partial charge in [0.25, 0.3) is 0 Å². The van der Waals surface area contributed by atoms with Crippen LogP contribution in [0.25, 0.3) is 0 Å². The number of aliphatic carboxylic acids is 1. The Bertz CT molecular complexity index is 716. The van der Waals surface area contributed by atoms with Crippen LogP contribution in [0.1, 0.15) is 23.5 Å². The number of carboxylic acid groups (broad SMARTS) is 1. The van der Waals surface area contributed by atoms with E-state index in [-0.39, 0.29) is 11.7 Å². The summed E-state index contributed by atoms with van der Waals surface area (Å²) >= 11 is 0. The van der Waals surface area contributed by atoms with Crippen molar-refractivity contribution in [2.45, 2.75) is 25.8 Å². The van der Waals surface area contributed by atoms with E-state index in [9.17, 15) is 14.3 Å². The topological polar surface area (TPSA) is 58.4 Å². The first kappa shape index (κ1) is 16.6. The quantitative estimate of drug-likeness (QED) is 0.884. The molecule has 0 saturated carbocycles. The molecule has 5 nitrogen and oxygen atoms in total. The van der Waals surface area contributed by atoms with Crippen LogP contribution in [0, 0.1) is 18.7 Å². The second kappa shape index (κ2) is 7.13. The van der Waals surface area contributed by atoms with Gasteiger partial charge in [0, 0.05) is 31.7 Å². The molecule has 1 aliphatic heterocycles. The number of carboxylic acids is 1. The number of halogens is 1. The maximum absolute atomic E-state index is 13.5. The number of likely N-dealkylation sites (tertiary alicyclic amines) is 1. The molecular weight excluding hydrogens is 309 g/mol. The fourth-order valence-corrected chi connectivity index (χ4v) is 3.44. The number of aryl methyl sites for hydroxylation is 2. The maximum Gasteiger partial charge on any atom is 0.308 e. The summed E-state index contributed by atoms with van der Waals surface area (Å²) in [5, 5.41) is 13.8. The van der Waals surface area contributed by atoms with Crippen molar-refractivity contribution < 1.29 is 14.3 Å². The average molecular weight is 331 g/mol. The first-order valence-electron chi connectivity index (χ1n) is 8.22. The Balaban J connectivity index is 1.61. The molecule has 6 heteroatoms. The fraction of sp³-hybridized carbons (Fsp3) is 0.444. The highest BCUT2D eigenvalue weighted by Crippen LogP contribution is 2.33. The molecule has 0 unspecified atom stereocenters. The third-order valence-corrected chi connectivity index (χ3v) is 4.61. The number of carbonyl (C=O) groups is 1. The first-order valence-corrected chi connectivity index (χ1v) is 8.22. The van der Waals surface area contributed by atoms with Crippen LogP contribution in [0.5, 0.6) is 0 Å². The van der Waals surface area contributed by atoms with Crippen molar-refractivity contribution in [3.8, 4) is 0 Å². The SMILES string of the molecule is Cc1cnn(CCCN2C[C@@H](C(=O)O)[C@H](c3cccc(F)c3)C2)c1. The van der Waals surface area contributed by atoms with Crippen LogP contribution in [0.2, 0.25) is 0 Å².